The molecule has 0 aliphatic rings. The van der Waals surface area contributed by atoms with E-state index < -0.39 is 0 Å². The zero-order valence-electron chi connectivity index (χ0n) is 11.1. The van der Waals surface area contributed by atoms with E-state index in [1.54, 1.807) is 0 Å². The van der Waals surface area contributed by atoms with E-state index >= 15 is 0 Å². The van der Waals surface area contributed by atoms with Crippen LogP contribution in [-0.2, 0) is 17.9 Å². The van der Waals surface area contributed by atoms with Gasteiger partial charge in [0.1, 0.15) is 6.54 Å². The normalized spacial score (nSPS) is 11.4. The summed E-state index contributed by atoms with van der Waals surface area (Å²) in [5.41, 5.74) is 7.35. The summed E-state index contributed by atoms with van der Waals surface area (Å²) < 4.78 is 1.85. The Morgan fingerprint density at radius 3 is 2.84 bits per heavy atom. The molecule has 0 fully saturated rings. The molecule has 0 atom stereocenters. The van der Waals surface area contributed by atoms with Gasteiger partial charge in [0.05, 0.1) is 5.52 Å². The summed E-state index contributed by atoms with van der Waals surface area (Å²) in [5, 5.41) is 5.12. The van der Waals surface area contributed by atoms with Gasteiger partial charge in [0.2, 0.25) is 5.91 Å². The number of carbonyl (C=O) groups is 1. The summed E-state index contributed by atoms with van der Waals surface area (Å²) in [6.45, 7) is 5.11. The average molecular weight is 280 g/mol. The van der Waals surface area contributed by atoms with Gasteiger partial charge in [-0.05, 0) is 17.7 Å². The van der Waals surface area contributed by atoms with Gasteiger partial charge in [0.15, 0.2) is 0 Å². The fourth-order valence-corrected chi connectivity index (χ4v) is 2.26. The molecule has 19 heavy (non-hydrogen) atoms. The van der Waals surface area contributed by atoms with Crippen LogP contribution in [0.25, 0.3) is 10.9 Å². The van der Waals surface area contributed by atoms with Crippen molar-refractivity contribution >= 4 is 28.4 Å². The molecule has 0 aliphatic heterocycles. The Kier molecular flexibility index (Phi) is 4.12. The second-order valence-corrected chi connectivity index (χ2v) is 5.38. The molecule has 1 heterocycles. The highest BCUT2D eigenvalue weighted by atomic mass is 35.5. The number of rotatable bonds is 5. The summed E-state index contributed by atoms with van der Waals surface area (Å²) >= 11 is 6.02. The molecule has 102 valence electrons. The number of amides is 1. The molecule has 0 aliphatic carbocycles. The number of halogens is 1. The lowest BCUT2D eigenvalue weighted by molar-refractivity contribution is -0.118. The molecule has 0 bridgehead atoms. The number of carbonyl (C=O) groups excluding carboxylic acids is 1. The van der Waals surface area contributed by atoms with Crippen LogP contribution in [-0.4, -0.2) is 16.5 Å². The Morgan fingerprint density at radius 2 is 2.21 bits per heavy atom. The van der Waals surface area contributed by atoms with Crippen molar-refractivity contribution in [2.24, 2.45) is 5.73 Å². The molecule has 2 rings (SSSR count). The van der Waals surface area contributed by atoms with Crippen LogP contribution < -0.4 is 11.1 Å². The van der Waals surface area contributed by atoms with Crippen molar-refractivity contribution < 1.29 is 4.79 Å². The maximum atomic E-state index is 11.1. The van der Waals surface area contributed by atoms with Crippen molar-refractivity contribution in [3.8, 4) is 0 Å². The minimum Gasteiger partial charge on any atom is -0.368 e. The van der Waals surface area contributed by atoms with Crippen LogP contribution in [0.2, 0.25) is 5.02 Å². The molecule has 0 spiro atoms. The quantitative estimate of drug-likeness (QED) is 0.882. The molecule has 0 saturated carbocycles. The first-order valence-corrected chi connectivity index (χ1v) is 6.64. The number of hydrogen-bond donors (Lipinski definition) is 2. The predicted molar refractivity (Wildman–Crippen MR) is 78.1 cm³/mol. The van der Waals surface area contributed by atoms with Crippen LogP contribution >= 0.6 is 11.6 Å². The summed E-state index contributed by atoms with van der Waals surface area (Å²) in [5.74, 6) is -0.361. The van der Waals surface area contributed by atoms with Crippen LogP contribution in [0.1, 0.15) is 19.4 Å². The SMILES string of the molecule is CC(C)NCc1cn(CC(N)=O)c2cc(Cl)ccc12. The molecule has 1 aromatic heterocycles. The topological polar surface area (TPSA) is 60.1 Å². The Morgan fingerprint density at radius 1 is 1.47 bits per heavy atom. The highest BCUT2D eigenvalue weighted by Gasteiger charge is 2.10. The van der Waals surface area contributed by atoms with Crippen LogP contribution in [0.5, 0.6) is 0 Å². The summed E-state index contributed by atoms with van der Waals surface area (Å²) in [4.78, 5) is 11.1. The lowest BCUT2D eigenvalue weighted by atomic mass is 10.1. The minimum absolute atomic E-state index is 0.165. The number of benzene rings is 1. The van der Waals surface area contributed by atoms with Crippen molar-refractivity contribution in [1.29, 1.82) is 0 Å². The van der Waals surface area contributed by atoms with Crippen molar-refractivity contribution in [3.63, 3.8) is 0 Å². The lowest BCUT2D eigenvalue weighted by Crippen LogP contribution is -2.21. The van der Waals surface area contributed by atoms with E-state index in [9.17, 15) is 4.79 Å². The Hall–Kier alpha value is -1.52. The third-order valence-electron chi connectivity index (χ3n) is 2.95. The van der Waals surface area contributed by atoms with E-state index in [-0.39, 0.29) is 12.5 Å². The first kappa shape index (κ1) is 13.9. The standard InChI is InChI=1S/C14H18ClN3O/c1-9(2)17-6-10-7-18(8-14(16)19)13-5-11(15)3-4-12(10)13/h3-5,7,9,17H,6,8H2,1-2H3,(H2,16,19). The molecule has 5 heteroatoms. The Labute approximate surface area is 117 Å². The molecular formula is C14H18ClN3O. The van der Waals surface area contributed by atoms with Gasteiger partial charge < -0.3 is 15.6 Å². The van der Waals surface area contributed by atoms with E-state index in [1.807, 2.05) is 29.0 Å². The average Bonchev–Trinajstić information content (AvgIpc) is 2.63. The number of hydrogen-bond acceptors (Lipinski definition) is 2. The molecule has 1 aromatic carbocycles. The fourth-order valence-electron chi connectivity index (χ4n) is 2.09. The second kappa shape index (κ2) is 5.63. The van der Waals surface area contributed by atoms with Gasteiger partial charge in [-0.25, -0.2) is 0 Å². The lowest BCUT2D eigenvalue weighted by Gasteiger charge is -2.06. The predicted octanol–water partition coefficient (Wildman–Crippen LogP) is 2.28. The minimum atomic E-state index is -0.361. The number of nitrogens with zero attached hydrogens (tertiary/aromatic N) is 1. The largest absolute Gasteiger partial charge is 0.368 e. The molecule has 1 amide bonds. The number of nitrogens with two attached hydrogens (primary N) is 1. The molecule has 4 nitrogen and oxygen atoms in total. The Balaban J connectivity index is 2.43. The smallest absolute Gasteiger partial charge is 0.237 e. The molecule has 0 unspecified atom stereocenters. The second-order valence-electron chi connectivity index (χ2n) is 4.95. The summed E-state index contributed by atoms with van der Waals surface area (Å²) in [6, 6.07) is 6.10. The maximum Gasteiger partial charge on any atom is 0.237 e. The van der Waals surface area contributed by atoms with Crippen molar-refractivity contribution in [2.45, 2.75) is 33.0 Å². The van der Waals surface area contributed by atoms with Gasteiger partial charge in [0, 0.05) is 29.2 Å². The molecule has 3 N–H and O–H groups in total. The van der Waals surface area contributed by atoms with Gasteiger partial charge in [-0.1, -0.05) is 31.5 Å². The van der Waals surface area contributed by atoms with Gasteiger partial charge in [-0.3, -0.25) is 4.79 Å². The van der Waals surface area contributed by atoms with Gasteiger partial charge in [-0.15, -0.1) is 0 Å². The molecule has 0 radical (unpaired) electrons. The van der Waals surface area contributed by atoms with E-state index in [4.69, 9.17) is 17.3 Å². The third-order valence-corrected chi connectivity index (χ3v) is 3.19. The van der Waals surface area contributed by atoms with Crippen LogP contribution in [0, 0.1) is 0 Å². The van der Waals surface area contributed by atoms with Gasteiger partial charge in [0.25, 0.3) is 0 Å². The first-order valence-electron chi connectivity index (χ1n) is 6.26. The van der Waals surface area contributed by atoms with E-state index in [1.165, 1.54) is 0 Å². The van der Waals surface area contributed by atoms with Crippen LogP contribution in [0.3, 0.4) is 0 Å². The monoisotopic (exact) mass is 279 g/mol. The number of aromatic nitrogens is 1. The zero-order valence-corrected chi connectivity index (χ0v) is 11.9. The number of nitrogens with one attached hydrogen (secondary N) is 1. The Bertz CT molecular complexity index is 604. The number of primary amides is 1. The fraction of sp³-hybridized carbons (Fsp3) is 0.357. The van der Waals surface area contributed by atoms with Crippen molar-refractivity contribution in [3.05, 3.63) is 35.0 Å². The summed E-state index contributed by atoms with van der Waals surface area (Å²) in [6.07, 6.45) is 1.96. The van der Waals surface area contributed by atoms with Crippen LogP contribution in [0.15, 0.2) is 24.4 Å². The van der Waals surface area contributed by atoms with Gasteiger partial charge in [-0.2, -0.15) is 0 Å². The third kappa shape index (κ3) is 3.28. The number of fused-ring (bicyclic) bond motifs is 1. The highest BCUT2D eigenvalue weighted by Crippen LogP contribution is 2.25. The first-order chi connectivity index (χ1) is 8.97. The van der Waals surface area contributed by atoms with Gasteiger partial charge >= 0.3 is 0 Å². The highest BCUT2D eigenvalue weighted by molar-refractivity contribution is 6.31. The van der Waals surface area contributed by atoms with E-state index in [0.29, 0.717) is 11.1 Å². The zero-order chi connectivity index (χ0) is 14.0. The summed E-state index contributed by atoms with van der Waals surface area (Å²) in [7, 11) is 0. The van der Waals surface area contributed by atoms with Crippen molar-refractivity contribution in [1.82, 2.24) is 9.88 Å². The maximum absolute atomic E-state index is 11.1. The van der Waals surface area contributed by atoms with E-state index in [0.717, 1.165) is 23.0 Å². The molecular weight excluding hydrogens is 262 g/mol. The van der Waals surface area contributed by atoms with Crippen LogP contribution in [0.4, 0.5) is 0 Å². The molecule has 2 aromatic rings. The molecule has 0 saturated heterocycles. The van der Waals surface area contributed by atoms with Crippen molar-refractivity contribution in [2.75, 3.05) is 0 Å². The van der Waals surface area contributed by atoms with E-state index in [2.05, 4.69) is 19.2 Å².